The zero-order valence-corrected chi connectivity index (χ0v) is 17.8. The van der Waals surface area contributed by atoms with Gasteiger partial charge in [0.15, 0.2) is 0 Å². The highest BCUT2D eigenvalue weighted by molar-refractivity contribution is 7.89. The molecule has 4 rings (SSSR count). The summed E-state index contributed by atoms with van der Waals surface area (Å²) in [5.41, 5.74) is 4.67. The van der Waals surface area contributed by atoms with Gasteiger partial charge < -0.3 is 5.32 Å². The summed E-state index contributed by atoms with van der Waals surface area (Å²) < 4.78 is 28.2. The summed E-state index contributed by atoms with van der Waals surface area (Å²) in [6.45, 7) is 4.09. The van der Waals surface area contributed by atoms with Gasteiger partial charge >= 0.3 is 0 Å². The van der Waals surface area contributed by atoms with Crippen molar-refractivity contribution in [3.63, 3.8) is 0 Å². The maximum atomic E-state index is 13.4. The standard InChI is InChI=1S/C24H24N2O3S/c1-17-12-18(2)14-21(13-17)25-24(27)23-15-19-8-6-7-9-20(19)16-26(23)30(28,29)22-10-4-3-5-11-22/h3-14,23H,15-16H2,1-2H3,(H,25,27). The quantitative estimate of drug-likeness (QED) is 0.692. The van der Waals surface area contributed by atoms with Gasteiger partial charge in [-0.1, -0.05) is 48.5 Å². The molecule has 1 aliphatic rings. The van der Waals surface area contributed by atoms with Crippen LogP contribution in [0.25, 0.3) is 0 Å². The van der Waals surface area contributed by atoms with E-state index in [-0.39, 0.29) is 17.3 Å². The molecule has 154 valence electrons. The lowest BCUT2D eigenvalue weighted by Gasteiger charge is -2.35. The number of fused-ring (bicyclic) bond motifs is 1. The van der Waals surface area contributed by atoms with Crippen LogP contribution in [0.4, 0.5) is 5.69 Å². The lowest BCUT2D eigenvalue weighted by Crippen LogP contribution is -2.50. The number of hydrogen-bond acceptors (Lipinski definition) is 3. The smallest absolute Gasteiger partial charge is 0.244 e. The van der Waals surface area contributed by atoms with Crippen molar-refractivity contribution in [2.45, 2.75) is 37.8 Å². The van der Waals surface area contributed by atoms with E-state index in [0.717, 1.165) is 22.3 Å². The molecular weight excluding hydrogens is 396 g/mol. The summed E-state index contributed by atoms with van der Waals surface area (Å²) >= 11 is 0. The number of benzene rings is 3. The number of aryl methyl sites for hydroxylation is 2. The fourth-order valence-electron chi connectivity index (χ4n) is 3.98. The average Bonchev–Trinajstić information content (AvgIpc) is 2.72. The molecule has 3 aromatic carbocycles. The zero-order valence-electron chi connectivity index (χ0n) is 17.0. The maximum Gasteiger partial charge on any atom is 0.244 e. The lowest BCUT2D eigenvalue weighted by molar-refractivity contribution is -0.120. The van der Waals surface area contributed by atoms with Crippen LogP contribution in [0.5, 0.6) is 0 Å². The summed E-state index contributed by atoms with van der Waals surface area (Å²) in [7, 11) is -3.84. The van der Waals surface area contributed by atoms with E-state index in [1.54, 1.807) is 30.3 Å². The van der Waals surface area contributed by atoms with E-state index < -0.39 is 16.1 Å². The molecule has 0 saturated carbocycles. The monoisotopic (exact) mass is 420 g/mol. The van der Waals surface area contributed by atoms with Crippen molar-refractivity contribution in [3.8, 4) is 0 Å². The van der Waals surface area contributed by atoms with E-state index in [0.29, 0.717) is 12.1 Å². The van der Waals surface area contributed by atoms with Gasteiger partial charge in [0.05, 0.1) is 4.90 Å². The third-order valence-corrected chi connectivity index (χ3v) is 7.22. The Bertz CT molecular complexity index is 1170. The molecule has 1 N–H and O–H groups in total. The minimum atomic E-state index is -3.84. The zero-order chi connectivity index (χ0) is 21.3. The van der Waals surface area contributed by atoms with Gasteiger partial charge in [-0.15, -0.1) is 0 Å². The predicted octanol–water partition coefficient (Wildman–Crippen LogP) is 4.06. The summed E-state index contributed by atoms with van der Waals surface area (Å²) in [4.78, 5) is 13.5. The van der Waals surface area contributed by atoms with Crippen LogP contribution in [0.3, 0.4) is 0 Å². The number of anilines is 1. The molecule has 1 unspecified atom stereocenters. The van der Waals surface area contributed by atoms with Crippen LogP contribution in [0.1, 0.15) is 22.3 Å². The van der Waals surface area contributed by atoms with Crippen LogP contribution < -0.4 is 5.32 Å². The Morgan fingerprint density at radius 3 is 2.17 bits per heavy atom. The van der Waals surface area contributed by atoms with Gasteiger partial charge in [-0.25, -0.2) is 8.42 Å². The molecule has 1 amide bonds. The molecule has 0 saturated heterocycles. The number of nitrogens with zero attached hydrogens (tertiary/aromatic N) is 1. The van der Waals surface area contributed by atoms with Crippen molar-refractivity contribution >= 4 is 21.6 Å². The molecule has 1 heterocycles. The van der Waals surface area contributed by atoms with Crippen molar-refractivity contribution in [3.05, 3.63) is 95.1 Å². The third kappa shape index (κ3) is 4.01. The first-order valence-electron chi connectivity index (χ1n) is 9.87. The van der Waals surface area contributed by atoms with Crippen molar-refractivity contribution < 1.29 is 13.2 Å². The van der Waals surface area contributed by atoms with Crippen LogP contribution in [0, 0.1) is 13.8 Å². The first-order chi connectivity index (χ1) is 14.3. The van der Waals surface area contributed by atoms with Crippen LogP contribution in [0.2, 0.25) is 0 Å². The molecular formula is C24H24N2O3S. The second-order valence-electron chi connectivity index (χ2n) is 7.72. The molecule has 0 spiro atoms. The maximum absolute atomic E-state index is 13.4. The molecule has 0 radical (unpaired) electrons. The number of sulfonamides is 1. The molecule has 1 atom stereocenters. The van der Waals surface area contributed by atoms with Gasteiger partial charge in [0.2, 0.25) is 15.9 Å². The summed E-state index contributed by atoms with van der Waals surface area (Å²) in [6, 6.07) is 20.9. The largest absolute Gasteiger partial charge is 0.325 e. The predicted molar refractivity (Wildman–Crippen MR) is 118 cm³/mol. The molecule has 3 aromatic rings. The molecule has 0 fully saturated rings. The fourth-order valence-corrected chi connectivity index (χ4v) is 5.56. The van der Waals surface area contributed by atoms with E-state index in [9.17, 15) is 13.2 Å². The van der Waals surface area contributed by atoms with Gasteiger partial charge in [-0.3, -0.25) is 4.79 Å². The number of nitrogens with one attached hydrogen (secondary N) is 1. The van der Waals surface area contributed by atoms with Crippen LogP contribution in [0.15, 0.2) is 77.7 Å². The van der Waals surface area contributed by atoms with Gasteiger partial charge in [0, 0.05) is 12.2 Å². The SMILES string of the molecule is Cc1cc(C)cc(NC(=O)C2Cc3ccccc3CN2S(=O)(=O)c2ccccc2)c1. The Labute approximate surface area is 177 Å². The number of rotatable bonds is 4. The minimum absolute atomic E-state index is 0.165. The van der Waals surface area contributed by atoms with Crippen LogP contribution >= 0.6 is 0 Å². The Hall–Kier alpha value is -2.96. The first kappa shape index (κ1) is 20.3. The molecule has 30 heavy (non-hydrogen) atoms. The normalized spacial score (nSPS) is 16.7. The molecule has 6 heteroatoms. The number of amides is 1. The second kappa shape index (κ2) is 8.05. The van der Waals surface area contributed by atoms with E-state index in [1.807, 2.05) is 56.3 Å². The first-order valence-corrected chi connectivity index (χ1v) is 11.3. The highest BCUT2D eigenvalue weighted by atomic mass is 32.2. The molecule has 5 nitrogen and oxygen atoms in total. The van der Waals surface area contributed by atoms with Crippen LogP contribution in [-0.4, -0.2) is 24.7 Å². The van der Waals surface area contributed by atoms with E-state index in [2.05, 4.69) is 5.32 Å². The Balaban J connectivity index is 1.72. The van der Waals surface area contributed by atoms with Crippen molar-refractivity contribution in [2.24, 2.45) is 0 Å². The highest BCUT2D eigenvalue weighted by Gasteiger charge is 2.39. The van der Waals surface area contributed by atoms with E-state index in [1.165, 1.54) is 4.31 Å². The summed E-state index contributed by atoms with van der Waals surface area (Å²) in [5, 5.41) is 2.93. The average molecular weight is 421 g/mol. The van der Waals surface area contributed by atoms with Crippen LogP contribution in [-0.2, 0) is 27.8 Å². The summed E-state index contributed by atoms with van der Waals surface area (Å²) in [6.07, 6.45) is 0.332. The minimum Gasteiger partial charge on any atom is -0.325 e. The van der Waals surface area contributed by atoms with Crippen molar-refractivity contribution in [2.75, 3.05) is 5.32 Å². The number of carbonyl (C=O) groups excluding carboxylic acids is 1. The van der Waals surface area contributed by atoms with Gasteiger partial charge in [-0.2, -0.15) is 4.31 Å². The van der Waals surface area contributed by atoms with Gasteiger partial charge in [0.25, 0.3) is 0 Å². The highest BCUT2D eigenvalue weighted by Crippen LogP contribution is 2.30. The molecule has 0 bridgehead atoms. The van der Waals surface area contributed by atoms with Crippen molar-refractivity contribution in [1.82, 2.24) is 4.31 Å². The number of hydrogen-bond donors (Lipinski definition) is 1. The van der Waals surface area contributed by atoms with Crippen molar-refractivity contribution in [1.29, 1.82) is 0 Å². The van der Waals surface area contributed by atoms with E-state index in [4.69, 9.17) is 0 Å². The van der Waals surface area contributed by atoms with E-state index >= 15 is 0 Å². The Morgan fingerprint density at radius 2 is 1.50 bits per heavy atom. The lowest BCUT2D eigenvalue weighted by atomic mass is 9.95. The Morgan fingerprint density at radius 1 is 0.900 bits per heavy atom. The number of carbonyl (C=O) groups is 1. The fraction of sp³-hybridized carbons (Fsp3) is 0.208. The Kier molecular flexibility index (Phi) is 5.45. The molecule has 1 aliphatic heterocycles. The molecule has 0 aliphatic carbocycles. The third-order valence-electron chi connectivity index (χ3n) is 5.35. The summed E-state index contributed by atoms with van der Waals surface area (Å²) in [5.74, 6) is -0.325. The van der Waals surface area contributed by atoms with Gasteiger partial charge in [0.1, 0.15) is 6.04 Å². The second-order valence-corrected chi connectivity index (χ2v) is 9.61. The topological polar surface area (TPSA) is 66.5 Å². The van der Waals surface area contributed by atoms with Gasteiger partial charge in [-0.05, 0) is 66.8 Å². The molecule has 0 aromatic heterocycles.